The highest BCUT2D eigenvalue weighted by molar-refractivity contribution is 7.89. The second kappa shape index (κ2) is 6.99. The summed E-state index contributed by atoms with van der Waals surface area (Å²) in [6.45, 7) is 2.50. The maximum Gasteiger partial charge on any atom is 0.328 e. The fraction of sp³-hybridized carbons (Fsp3) is 0.316. The van der Waals surface area contributed by atoms with Crippen molar-refractivity contribution in [1.82, 2.24) is 18.8 Å². The standard InChI is InChI=1S/C19H20N4O4S/c1-13-11-14-3-2-4-16(18(14)20-12-13)28(26,27)22-8-5-15(6-9-22)23-10-7-17(24)21-19(23)25/h2-4,7,10-12,15H,5-6,8-9H2,1H3,(H,21,24,25). The van der Waals surface area contributed by atoms with E-state index >= 15 is 0 Å². The lowest BCUT2D eigenvalue weighted by atomic mass is 10.1. The molecule has 0 saturated carbocycles. The third kappa shape index (κ3) is 3.27. The van der Waals surface area contributed by atoms with Gasteiger partial charge in [-0.3, -0.25) is 19.3 Å². The second-order valence-electron chi connectivity index (χ2n) is 6.99. The van der Waals surface area contributed by atoms with Gasteiger partial charge in [-0.2, -0.15) is 4.31 Å². The maximum atomic E-state index is 13.2. The zero-order chi connectivity index (χ0) is 19.9. The zero-order valence-electron chi connectivity index (χ0n) is 15.3. The summed E-state index contributed by atoms with van der Waals surface area (Å²) in [5.41, 5.74) is 0.517. The van der Waals surface area contributed by atoms with Gasteiger partial charge in [0, 0.05) is 43.0 Å². The first-order valence-electron chi connectivity index (χ1n) is 9.03. The van der Waals surface area contributed by atoms with Crippen LogP contribution in [-0.4, -0.2) is 40.3 Å². The summed E-state index contributed by atoms with van der Waals surface area (Å²) in [7, 11) is -3.70. The number of para-hydroxylation sites is 1. The largest absolute Gasteiger partial charge is 0.328 e. The highest BCUT2D eigenvalue weighted by atomic mass is 32.2. The average Bonchev–Trinajstić information content (AvgIpc) is 2.67. The molecule has 0 spiro atoms. The Morgan fingerprint density at radius 3 is 2.61 bits per heavy atom. The Morgan fingerprint density at radius 1 is 1.14 bits per heavy atom. The molecule has 1 saturated heterocycles. The number of pyridine rings is 1. The van der Waals surface area contributed by atoms with E-state index in [1.807, 2.05) is 19.1 Å². The predicted molar refractivity (Wildman–Crippen MR) is 105 cm³/mol. The molecule has 0 amide bonds. The normalized spacial score (nSPS) is 16.5. The summed E-state index contributed by atoms with van der Waals surface area (Å²) in [4.78, 5) is 30.0. The summed E-state index contributed by atoms with van der Waals surface area (Å²) >= 11 is 0. The van der Waals surface area contributed by atoms with Crippen LogP contribution >= 0.6 is 0 Å². The summed E-state index contributed by atoms with van der Waals surface area (Å²) in [6.07, 6.45) is 4.11. The molecule has 0 radical (unpaired) electrons. The molecule has 8 nitrogen and oxygen atoms in total. The number of aromatic amines is 1. The lowest BCUT2D eigenvalue weighted by Gasteiger charge is -2.32. The van der Waals surface area contributed by atoms with Gasteiger partial charge in [0.05, 0.1) is 5.52 Å². The second-order valence-corrected chi connectivity index (χ2v) is 8.90. The molecule has 0 atom stereocenters. The number of nitrogens with one attached hydrogen (secondary N) is 1. The molecule has 4 rings (SSSR count). The highest BCUT2D eigenvalue weighted by Gasteiger charge is 2.31. The molecule has 0 bridgehead atoms. The first-order valence-corrected chi connectivity index (χ1v) is 10.5. The molecule has 1 fully saturated rings. The lowest BCUT2D eigenvalue weighted by Crippen LogP contribution is -2.41. The minimum atomic E-state index is -3.70. The van der Waals surface area contributed by atoms with Gasteiger partial charge < -0.3 is 0 Å². The Hall–Kier alpha value is -2.78. The summed E-state index contributed by atoms with van der Waals surface area (Å²) in [6, 6.07) is 8.22. The number of aryl methyl sites for hydroxylation is 1. The molecule has 1 N–H and O–H groups in total. The molecule has 2 aromatic heterocycles. The van der Waals surface area contributed by atoms with E-state index in [-0.39, 0.29) is 10.9 Å². The Morgan fingerprint density at radius 2 is 1.89 bits per heavy atom. The van der Waals surface area contributed by atoms with Gasteiger partial charge in [0.25, 0.3) is 5.56 Å². The van der Waals surface area contributed by atoms with Crippen molar-refractivity contribution in [2.24, 2.45) is 0 Å². The monoisotopic (exact) mass is 400 g/mol. The predicted octanol–water partition coefficient (Wildman–Crippen LogP) is 1.42. The third-order valence-electron chi connectivity index (χ3n) is 5.10. The number of hydrogen-bond donors (Lipinski definition) is 1. The average molecular weight is 400 g/mol. The Kier molecular flexibility index (Phi) is 4.64. The molecular formula is C19H20N4O4S. The Bertz CT molecular complexity index is 1250. The van der Waals surface area contributed by atoms with Crippen LogP contribution in [0.3, 0.4) is 0 Å². The van der Waals surface area contributed by atoms with Crippen LogP contribution < -0.4 is 11.2 Å². The third-order valence-corrected chi connectivity index (χ3v) is 7.03. The minimum Gasteiger partial charge on any atom is -0.297 e. The first kappa shape index (κ1) is 18.6. The molecule has 9 heteroatoms. The molecule has 28 heavy (non-hydrogen) atoms. The van der Waals surface area contributed by atoms with E-state index in [1.54, 1.807) is 18.3 Å². The number of aromatic nitrogens is 3. The Labute approximate surface area is 161 Å². The van der Waals surface area contributed by atoms with Crippen LogP contribution in [0.2, 0.25) is 0 Å². The van der Waals surface area contributed by atoms with Crippen molar-refractivity contribution in [2.45, 2.75) is 30.7 Å². The first-order chi connectivity index (χ1) is 13.4. The number of piperidine rings is 1. The van der Waals surface area contributed by atoms with Crippen molar-refractivity contribution in [1.29, 1.82) is 0 Å². The van der Waals surface area contributed by atoms with E-state index < -0.39 is 21.3 Å². The highest BCUT2D eigenvalue weighted by Crippen LogP contribution is 2.29. The van der Waals surface area contributed by atoms with E-state index in [0.29, 0.717) is 31.4 Å². The van der Waals surface area contributed by atoms with Crippen LogP contribution in [0.4, 0.5) is 0 Å². The van der Waals surface area contributed by atoms with Gasteiger partial charge in [-0.25, -0.2) is 13.2 Å². The number of fused-ring (bicyclic) bond motifs is 1. The van der Waals surface area contributed by atoms with Gasteiger partial charge in [0.1, 0.15) is 4.90 Å². The van der Waals surface area contributed by atoms with Crippen LogP contribution in [0.1, 0.15) is 24.4 Å². The van der Waals surface area contributed by atoms with Crippen LogP contribution in [0.25, 0.3) is 10.9 Å². The molecule has 146 valence electrons. The van der Waals surface area contributed by atoms with Crippen LogP contribution in [-0.2, 0) is 10.0 Å². The van der Waals surface area contributed by atoms with E-state index in [0.717, 1.165) is 10.9 Å². The zero-order valence-corrected chi connectivity index (χ0v) is 16.1. The molecule has 0 aliphatic carbocycles. The summed E-state index contributed by atoms with van der Waals surface area (Å²) in [5, 5.41) is 0.788. The van der Waals surface area contributed by atoms with E-state index in [2.05, 4.69) is 9.97 Å². The van der Waals surface area contributed by atoms with Crippen molar-refractivity contribution in [3.8, 4) is 0 Å². The van der Waals surface area contributed by atoms with Crippen LogP contribution in [0.5, 0.6) is 0 Å². The van der Waals surface area contributed by atoms with E-state index in [9.17, 15) is 18.0 Å². The number of H-pyrrole nitrogens is 1. The maximum absolute atomic E-state index is 13.2. The summed E-state index contributed by atoms with van der Waals surface area (Å²) in [5.74, 6) is 0. The molecule has 0 unspecified atom stereocenters. The quantitative estimate of drug-likeness (QED) is 0.716. The SMILES string of the molecule is Cc1cnc2c(S(=O)(=O)N3CCC(n4ccc(=O)[nH]c4=O)CC3)cccc2c1. The van der Waals surface area contributed by atoms with Crippen LogP contribution in [0, 0.1) is 6.92 Å². The lowest BCUT2D eigenvalue weighted by molar-refractivity contribution is 0.268. The van der Waals surface area contributed by atoms with Crippen molar-refractivity contribution in [2.75, 3.05) is 13.1 Å². The van der Waals surface area contributed by atoms with Crippen molar-refractivity contribution >= 4 is 20.9 Å². The molecule has 1 aliphatic heterocycles. The molecule has 3 aromatic rings. The number of sulfonamides is 1. The fourth-order valence-electron chi connectivity index (χ4n) is 3.67. The smallest absolute Gasteiger partial charge is 0.297 e. The molecule has 1 aliphatic rings. The molecule has 3 heterocycles. The number of benzene rings is 1. The van der Waals surface area contributed by atoms with Gasteiger partial charge in [0.2, 0.25) is 10.0 Å². The van der Waals surface area contributed by atoms with Gasteiger partial charge in [-0.05, 0) is 37.5 Å². The number of hydrogen-bond acceptors (Lipinski definition) is 5. The molecular weight excluding hydrogens is 380 g/mol. The number of rotatable bonds is 3. The fourth-order valence-corrected chi connectivity index (χ4v) is 5.30. The van der Waals surface area contributed by atoms with Gasteiger partial charge in [0.15, 0.2) is 0 Å². The topological polar surface area (TPSA) is 105 Å². The van der Waals surface area contributed by atoms with Crippen molar-refractivity contribution < 1.29 is 8.42 Å². The minimum absolute atomic E-state index is 0.149. The van der Waals surface area contributed by atoms with Crippen molar-refractivity contribution in [3.05, 3.63) is 69.1 Å². The number of nitrogens with zero attached hydrogens (tertiary/aromatic N) is 3. The van der Waals surface area contributed by atoms with E-state index in [1.165, 1.54) is 21.1 Å². The van der Waals surface area contributed by atoms with Gasteiger partial charge in [-0.1, -0.05) is 12.1 Å². The van der Waals surface area contributed by atoms with Gasteiger partial charge in [-0.15, -0.1) is 0 Å². The Balaban J connectivity index is 1.61. The van der Waals surface area contributed by atoms with Gasteiger partial charge >= 0.3 is 5.69 Å². The van der Waals surface area contributed by atoms with Crippen LogP contribution in [0.15, 0.2) is 57.2 Å². The molecule has 1 aromatic carbocycles. The van der Waals surface area contributed by atoms with E-state index in [4.69, 9.17) is 0 Å². The summed E-state index contributed by atoms with van der Waals surface area (Å²) < 4.78 is 29.3. The van der Waals surface area contributed by atoms with Crippen molar-refractivity contribution in [3.63, 3.8) is 0 Å².